The number of hydrogen-bond acceptors (Lipinski definition) is 3. The predicted octanol–water partition coefficient (Wildman–Crippen LogP) is 2.39. The van der Waals surface area contributed by atoms with Gasteiger partial charge in [0.25, 0.3) is 0 Å². The number of nitrogens with zero attached hydrogens (tertiary/aromatic N) is 4. The van der Waals surface area contributed by atoms with E-state index in [9.17, 15) is 0 Å². The van der Waals surface area contributed by atoms with Crippen molar-refractivity contribution < 1.29 is 0 Å². The van der Waals surface area contributed by atoms with Crippen molar-refractivity contribution in [2.75, 3.05) is 26.2 Å². The quantitative estimate of drug-likeness (QED) is 0.832. The van der Waals surface area contributed by atoms with Gasteiger partial charge in [0.15, 0.2) is 0 Å². The second kappa shape index (κ2) is 6.93. The van der Waals surface area contributed by atoms with Gasteiger partial charge in [-0.05, 0) is 58.8 Å². The topological polar surface area (TPSA) is 24.3 Å². The minimum absolute atomic E-state index is 0.615. The van der Waals surface area contributed by atoms with E-state index in [2.05, 4.69) is 39.4 Å². The normalized spacial score (nSPS) is 23.7. The number of hydrogen-bond donors (Lipinski definition) is 0. The first-order valence-electron chi connectivity index (χ1n) is 8.76. The molecule has 0 N–H and O–H groups in total. The van der Waals surface area contributed by atoms with Crippen molar-refractivity contribution >= 4 is 0 Å². The highest BCUT2D eigenvalue weighted by molar-refractivity contribution is 4.93. The summed E-state index contributed by atoms with van der Waals surface area (Å²) < 4.78 is 2.33. The summed E-state index contributed by atoms with van der Waals surface area (Å²) >= 11 is 0. The van der Waals surface area contributed by atoms with E-state index < -0.39 is 0 Å². The van der Waals surface area contributed by atoms with E-state index >= 15 is 0 Å². The molecule has 0 radical (unpaired) electrons. The lowest BCUT2D eigenvalue weighted by atomic mass is 10.0. The van der Waals surface area contributed by atoms with E-state index in [0.29, 0.717) is 6.04 Å². The number of likely N-dealkylation sites (tertiary alicyclic amines) is 2. The summed E-state index contributed by atoms with van der Waals surface area (Å²) in [5, 5.41) is 0. The van der Waals surface area contributed by atoms with Crippen LogP contribution in [0.1, 0.15) is 45.4 Å². The summed E-state index contributed by atoms with van der Waals surface area (Å²) in [7, 11) is 0. The second-order valence-electron chi connectivity index (χ2n) is 6.71. The Morgan fingerprint density at radius 2 is 1.90 bits per heavy atom. The van der Waals surface area contributed by atoms with E-state index in [0.717, 1.165) is 19.0 Å². The first-order chi connectivity index (χ1) is 10.3. The Balaban J connectivity index is 1.49. The molecule has 0 spiro atoms. The van der Waals surface area contributed by atoms with Crippen LogP contribution in [0.3, 0.4) is 0 Å². The van der Waals surface area contributed by atoms with Crippen LogP contribution in [0.2, 0.25) is 0 Å². The Morgan fingerprint density at radius 1 is 1.19 bits per heavy atom. The molecule has 118 valence electrons. The highest BCUT2D eigenvalue weighted by Crippen LogP contribution is 2.22. The van der Waals surface area contributed by atoms with E-state index in [1.54, 1.807) is 0 Å². The summed E-state index contributed by atoms with van der Waals surface area (Å²) in [6.07, 6.45) is 10.6. The van der Waals surface area contributed by atoms with Gasteiger partial charge in [0.05, 0.1) is 0 Å². The molecule has 2 aliphatic rings. The maximum Gasteiger partial charge on any atom is 0.108 e. The fourth-order valence-electron chi connectivity index (χ4n) is 4.02. The number of imidazole rings is 1. The molecular formula is C17H30N4. The molecule has 0 aliphatic carbocycles. The van der Waals surface area contributed by atoms with Crippen LogP contribution >= 0.6 is 0 Å². The zero-order chi connectivity index (χ0) is 14.7. The van der Waals surface area contributed by atoms with Crippen LogP contribution in [0.5, 0.6) is 0 Å². The van der Waals surface area contributed by atoms with Crippen molar-refractivity contribution in [1.29, 1.82) is 0 Å². The van der Waals surface area contributed by atoms with Crippen molar-refractivity contribution in [3.8, 4) is 0 Å². The van der Waals surface area contributed by atoms with Crippen LogP contribution in [0, 0.1) is 0 Å². The van der Waals surface area contributed by atoms with Crippen LogP contribution in [-0.4, -0.2) is 57.6 Å². The van der Waals surface area contributed by atoms with Gasteiger partial charge in [-0.1, -0.05) is 6.92 Å². The molecule has 0 bridgehead atoms. The Kier molecular flexibility index (Phi) is 4.96. The van der Waals surface area contributed by atoms with Gasteiger partial charge in [-0.15, -0.1) is 0 Å². The molecule has 1 unspecified atom stereocenters. The zero-order valence-corrected chi connectivity index (χ0v) is 13.7. The van der Waals surface area contributed by atoms with Gasteiger partial charge in [-0.2, -0.15) is 0 Å². The smallest absolute Gasteiger partial charge is 0.108 e. The van der Waals surface area contributed by atoms with Crippen molar-refractivity contribution in [3.05, 3.63) is 18.2 Å². The van der Waals surface area contributed by atoms with E-state index in [4.69, 9.17) is 0 Å². The minimum atomic E-state index is 0.615. The van der Waals surface area contributed by atoms with Gasteiger partial charge in [0, 0.05) is 37.4 Å². The molecule has 2 fully saturated rings. The molecule has 0 amide bonds. The molecular weight excluding hydrogens is 260 g/mol. The molecule has 2 aliphatic heterocycles. The van der Waals surface area contributed by atoms with E-state index in [1.165, 1.54) is 57.7 Å². The maximum atomic E-state index is 4.43. The Hall–Kier alpha value is -0.870. The monoisotopic (exact) mass is 290 g/mol. The van der Waals surface area contributed by atoms with Gasteiger partial charge in [0.2, 0.25) is 0 Å². The van der Waals surface area contributed by atoms with Crippen LogP contribution in [0.4, 0.5) is 0 Å². The summed E-state index contributed by atoms with van der Waals surface area (Å²) in [5.41, 5.74) is 0. The molecule has 1 aromatic heterocycles. The molecule has 0 saturated carbocycles. The molecule has 2 saturated heterocycles. The maximum absolute atomic E-state index is 4.43. The number of aromatic nitrogens is 2. The highest BCUT2D eigenvalue weighted by Gasteiger charge is 2.28. The summed E-state index contributed by atoms with van der Waals surface area (Å²) in [6, 6.07) is 1.47. The van der Waals surface area contributed by atoms with E-state index in [1.807, 2.05) is 6.20 Å². The van der Waals surface area contributed by atoms with Crippen molar-refractivity contribution in [2.24, 2.45) is 0 Å². The SMILES string of the molecule is CCc1nccn1CC(C)N1CCC(N2CCCC2)CC1. The predicted molar refractivity (Wildman–Crippen MR) is 86.5 cm³/mol. The molecule has 0 aromatic carbocycles. The third-order valence-corrected chi connectivity index (χ3v) is 5.36. The summed E-state index contributed by atoms with van der Waals surface area (Å²) in [6.45, 7) is 10.8. The minimum Gasteiger partial charge on any atom is -0.333 e. The zero-order valence-electron chi connectivity index (χ0n) is 13.7. The Bertz CT molecular complexity index is 428. The van der Waals surface area contributed by atoms with E-state index in [-0.39, 0.29) is 0 Å². The van der Waals surface area contributed by atoms with Crippen molar-refractivity contribution in [3.63, 3.8) is 0 Å². The molecule has 1 aromatic rings. The summed E-state index contributed by atoms with van der Waals surface area (Å²) in [4.78, 5) is 9.84. The van der Waals surface area contributed by atoms with Crippen LogP contribution in [0.25, 0.3) is 0 Å². The van der Waals surface area contributed by atoms with Crippen LogP contribution in [-0.2, 0) is 13.0 Å². The molecule has 21 heavy (non-hydrogen) atoms. The average Bonchev–Trinajstić information content (AvgIpc) is 3.18. The highest BCUT2D eigenvalue weighted by atomic mass is 15.2. The average molecular weight is 290 g/mol. The van der Waals surface area contributed by atoms with Crippen LogP contribution in [0.15, 0.2) is 12.4 Å². The molecule has 4 heteroatoms. The van der Waals surface area contributed by atoms with Gasteiger partial charge in [-0.3, -0.25) is 4.90 Å². The van der Waals surface area contributed by atoms with Gasteiger partial charge < -0.3 is 9.47 Å². The largest absolute Gasteiger partial charge is 0.333 e. The van der Waals surface area contributed by atoms with Crippen molar-refractivity contribution in [2.45, 2.75) is 64.6 Å². The molecule has 1 atom stereocenters. The molecule has 3 rings (SSSR count). The van der Waals surface area contributed by atoms with Crippen molar-refractivity contribution in [1.82, 2.24) is 19.4 Å². The van der Waals surface area contributed by atoms with Gasteiger partial charge in [-0.25, -0.2) is 4.98 Å². The Labute approximate surface area is 129 Å². The fourth-order valence-corrected chi connectivity index (χ4v) is 4.02. The number of aryl methyl sites for hydroxylation is 1. The van der Waals surface area contributed by atoms with Gasteiger partial charge >= 0.3 is 0 Å². The third kappa shape index (κ3) is 3.49. The standard InChI is InChI=1S/C17H30N4/c1-3-17-18-8-13-21(17)14-15(2)19-11-6-16(7-12-19)20-9-4-5-10-20/h8,13,15-16H,3-7,9-12,14H2,1-2H3. The Morgan fingerprint density at radius 3 is 2.57 bits per heavy atom. The first kappa shape index (κ1) is 15.0. The lowest BCUT2D eigenvalue weighted by Crippen LogP contribution is -2.47. The lowest BCUT2D eigenvalue weighted by Gasteiger charge is -2.39. The van der Waals surface area contributed by atoms with Crippen LogP contribution < -0.4 is 0 Å². The number of rotatable bonds is 5. The third-order valence-electron chi connectivity index (χ3n) is 5.36. The van der Waals surface area contributed by atoms with Gasteiger partial charge in [0.1, 0.15) is 5.82 Å². The first-order valence-corrected chi connectivity index (χ1v) is 8.76. The summed E-state index contributed by atoms with van der Waals surface area (Å²) in [5.74, 6) is 1.22. The molecule has 3 heterocycles. The molecule has 4 nitrogen and oxygen atoms in total. The number of piperidine rings is 1. The lowest BCUT2D eigenvalue weighted by molar-refractivity contribution is 0.0951. The fraction of sp³-hybridized carbons (Fsp3) is 0.824. The second-order valence-corrected chi connectivity index (χ2v) is 6.71.